The van der Waals surface area contributed by atoms with Crippen LogP contribution in [0.4, 0.5) is 0 Å². The van der Waals surface area contributed by atoms with Gasteiger partial charge in [0, 0.05) is 15.8 Å². The van der Waals surface area contributed by atoms with E-state index >= 15 is 0 Å². The molecule has 0 saturated heterocycles. The molecule has 6 nitrogen and oxygen atoms in total. The molecule has 5 heterocycles. The first kappa shape index (κ1) is 17.8. The number of thiophene rings is 3. The van der Waals surface area contributed by atoms with Gasteiger partial charge in [0.1, 0.15) is 10.7 Å². The van der Waals surface area contributed by atoms with E-state index < -0.39 is 0 Å². The van der Waals surface area contributed by atoms with E-state index in [0.29, 0.717) is 22.3 Å². The van der Waals surface area contributed by atoms with E-state index in [-0.39, 0.29) is 10.8 Å². The molecule has 140 valence electrons. The van der Waals surface area contributed by atoms with Gasteiger partial charge in [-0.3, -0.25) is 4.79 Å². The van der Waals surface area contributed by atoms with Crippen molar-refractivity contribution < 1.29 is 4.42 Å². The Bertz CT molecular complexity index is 1290. The molecule has 0 aliphatic carbocycles. The smallest absolute Gasteiger partial charge is 0.277 e. The average molecular weight is 445 g/mol. The van der Waals surface area contributed by atoms with Crippen molar-refractivity contribution in [3.8, 4) is 21.2 Å². The summed E-state index contributed by atoms with van der Waals surface area (Å²) in [5, 5.41) is 15.1. The summed E-state index contributed by atoms with van der Waals surface area (Å²) in [5.74, 6) is 1.10. The number of H-pyrrole nitrogens is 1. The first-order chi connectivity index (χ1) is 13.7. The Labute approximate surface area is 175 Å². The van der Waals surface area contributed by atoms with E-state index in [1.165, 1.54) is 23.1 Å². The first-order valence-electron chi connectivity index (χ1n) is 8.28. The molecule has 0 aromatic carbocycles. The number of hydrogen-bond acceptors (Lipinski definition) is 9. The monoisotopic (exact) mass is 444 g/mol. The molecule has 0 radical (unpaired) electrons. The summed E-state index contributed by atoms with van der Waals surface area (Å²) < 4.78 is 5.73. The van der Waals surface area contributed by atoms with Crippen molar-refractivity contribution in [1.82, 2.24) is 20.2 Å². The topological polar surface area (TPSA) is 84.7 Å². The number of fused-ring (bicyclic) bond motifs is 1. The molecule has 1 N–H and O–H groups in total. The molecule has 5 rings (SSSR count). The summed E-state index contributed by atoms with van der Waals surface area (Å²) in [6.07, 6.45) is 0. The molecule has 0 saturated carbocycles. The highest BCUT2D eigenvalue weighted by molar-refractivity contribution is 7.99. The van der Waals surface area contributed by atoms with E-state index in [1.807, 2.05) is 47.3 Å². The molecule has 5 aromatic rings. The van der Waals surface area contributed by atoms with Gasteiger partial charge in [0.2, 0.25) is 0 Å². The van der Waals surface area contributed by atoms with Crippen LogP contribution in [-0.2, 0) is 0 Å². The maximum Gasteiger partial charge on any atom is 0.277 e. The Morgan fingerprint density at radius 2 is 1.89 bits per heavy atom. The number of rotatable bonds is 5. The second-order valence-corrected chi connectivity index (χ2v) is 9.91. The van der Waals surface area contributed by atoms with Gasteiger partial charge in [-0.25, -0.2) is 4.98 Å². The largest absolute Gasteiger partial charge is 0.410 e. The van der Waals surface area contributed by atoms with Gasteiger partial charge in [-0.1, -0.05) is 23.9 Å². The Kier molecular flexibility index (Phi) is 4.63. The van der Waals surface area contributed by atoms with Crippen LogP contribution in [0.1, 0.15) is 18.0 Å². The second-order valence-electron chi connectivity index (χ2n) is 5.87. The fraction of sp³-hybridized carbons (Fsp3) is 0.111. The fourth-order valence-corrected chi connectivity index (χ4v) is 5.89. The van der Waals surface area contributed by atoms with Crippen molar-refractivity contribution in [3.63, 3.8) is 0 Å². The predicted octanol–water partition coefficient (Wildman–Crippen LogP) is 5.68. The molecule has 1 atom stereocenters. The highest BCUT2D eigenvalue weighted by atomic mass is 32.2. The van der Waals surface area contributed by atoms with Gasteiger partial charge in [0.25, 0.3) is 16.7 Å². The molecule has 0 spiro atoms. The van der Waals surface area contributed by atoms with Crippen molar-refractivity contribution in [2.24, 2.45) is 0 Å². The molecule has 5 aromatic heterocycles. The van der Waals surface area contributed by atoms with Crippen molar-refractivity contribution >= 4 is 56.0 Å². The van der Waals surface area contributed by atoms with Crippen LogP contribution in [0.15, 0.2) is 54.8 Å². The minimum atomic E-state index is -0.138. The molecule has 0 bridgehead atoms. The minimum Gasteiger partial charge on any atom is -0.410 e. The average Bonchev–Trinajstić information content (AvgIpc) is 3.46. The first-order valence-corrected chi connectivity index (χ1v) is 11.8. The van der Waals surface area contributed by atoms with Crippen LogP contribution < -0.4 is 5.56 Å². The van der Waals surface area contributed by atoms with Crippen LogP contribution in [-0.4, -0.2) is 20.2 Å². The number of aromatic amines is 1. The summed E-state index contributed by atoms with van der Waals surface area (Å²) >= 11 is 6.02. The van der Waals surface area contributed by atoms with Crippen LogP contribution >= 0.6 is 45.8 Å². The Morgan fingerprint density at radius 1 is 1.11 bits per heavy atom. The molecular formula is C18H12N4O2S4. The fourth-order valence-electron chi connectivity index (χ4n) is 2.74. The molecule has 10 heteroatoms. The van der Waals surface area contributed by atoms with Crippen LogP contribution in [0.3, 0.4) is 0 Å². The third kappa shape index (κ3) is 3.22. The van der Waals surface area contributed by atoms with Crippen molar-refractivity contribution in [3.05, 3.63) is 56.6 Å². The zero-order valence-corrected chi connectivity index (χ0v) is 17.7. The van der Waals surface area contributed by atoms with E-state index in [0.717, 1.165) is 20.1 Å². The second kappa shape index (κ2) is 7.28. The lowest BCUT2D eigenvalue weighted by atomic mass is 10.2. The Morgan fingerprint density at radius 3 is 2.64 bits per heavy atom. The van der Waals surface area contributed by atoms with Crippen LogP contribution in [0.2, 0.25) is 0 Å². The van der Waals surface area contributed by atoms with Gasteiger partial charge < -0.3 is 9.40 Å². The molecule has 0 amide bonds. The van der Waals surface area contributed by atoms with Crippen LogP contribution in [0, 0.1) is 0 Å². The summed E-state index contributed by atoms with van der Waals surface area (Å²) in [5.41, 5.74) is 0.815. The summed E-state index contributed by atoms with van der Waals surface area (Å²) in [4.78, 5) is 23.1. The SMILES string of the molecule is CC(Sc1nnc(-c2cccs2)o1)c1nc2scc(-c3cccs3)c2c(=O)[nH]1. The van der Waals surface area contributed by atoms with E-state index in [9.17, 15) is 4.79 Å². The third-order valence-corrected chi connectivity index (χ3v) is 7.63. The van der Waals surface area contributed by atoms with Gasteiger partial charge in [0.05, 0.1) is 15.5 Å². The van der Waals surface area contributed by atoms with Crippen molar-refractivity contribution in [1.29, 1.82) is 0 Å². The highest BCUT2D eigenvalue weighted by Gasteiger charge is 2.19. The molecule has 1 unspecified atom stereocenters. The number of nitrogens with zero attached hydrogens (tertiary/aromatic N) is 3. The minimum absolute atomic E-state index is 0.123. The zero-order valence-electron chi connectivity index (χ0n) is 14.4. The zero-order chi connectivity index (χ0) is 19.1. The van der Waals surface area contributed by atoms with Gasteiger partial charge in [0.15, 0.2) is 0 Å². The molecule has 28 heavy (non-hydrogen) atoms. The lowest BCUT2D eigenvalue weighted by Crippen LogP contribution is -2.12. The lowest BCUT2D eigenvalue weighted by molar-refractivity contribution is 0.465. The number of aromatic nitrogens is 4. The molecular weight excluding hydrogens is 432 g/mol. The van der Waals surface area contributed by atoms with Crippen LogP contribution in [0.25, 0.3) is 31.4 Å². The molecule has 0 aliphatic rings. The normalized spacial score (nSPS) is 12.6. The highest BCUT2D eigenvalue weighted by Crippen LogP contribution is 2.37. The van der Waals surface area contributed by atoms with E-state index in [1.54, 1.807) is 22.7 Å². The van der Waals surface area contributed by atoms with Gasteiger partial charge in [-0.15, -0.1) is 44.2 Å². The Hall–Kier alpha value is -2.27. The van der Waals surface area contributed by atoms with Gasteiger partial charge >= 0.3 is 0 Å². The number of hydrogen-bond donors (Lipinski definition) is 1. The predicted molar refractivity (Wildman–Crippen MR) is 115 cm³/mol. The summed E-state index contributed by atoms with van der Waals surface area (Å²) in [7, 11) is 0. The van der Waals surface area contributed by atoms with Gasteiger partial charge in [-0.2, -0.15) is 0 Å². The third-order valence-electron chi connectivity index (χ3n) is 4.05. The maximum absolute atomic E-state index is 12.7. The summed E-state index contributed by atoms with van der Waals surface area (Å²) in [6.45, 7) is 1.96. The summed E-state index contributed by atoms with van der Waals surface area (Å²) in [6, 6.07) is 7.87. The molecule has 0 aliphatic heterocycles. The van der Waals surface area contributed by atoms with Crippen molar-refractivity contribution in [2.75, 3.05) is 0 Å². The van der Waals surface area contributed by atoms with E-state index in [2.05, 4.69) is 20.2 Å². The quantitative estimate of drug-likeness (QED) is 0.351. The standard InChI is InChI=1S/C18H12N4O2S4/c1-9(28-18-22-21-16(24-18)12-5-3-7-26-12)14-19-15(23)13-10(8-27-17(13)20-14)11-4-2-6-25-11/h2-9H,1H3,(H,19,20,23). The number of nitrogens with one attached hydrogen (secondary N) is 1. The Balaban J connectivity index is 1.44. The number of thioether (sulfide) groups is 1. The van der Waals surface area contributed by atoms with Crippen molar-refractivity contribution in [2.45, 2.75) is 17.4 Å². The van der Waals surface area contributed by atoms with E-state index in [4.69, 9.17) is 4.42 Å². The van der Waals surface area contributed by atoms with Crippen LogP contribution in [0.5, 0.6) is 0 Å². The van der Waals surface area contributed by atoms with Gasteiger partial charge in [-0.05, 0) is 29.8 Å². The lowest BCUT2D eigenvalue weighted by Gasteiger charge is -2.07. The maximum atomic E-state index is 12.7. The molecule has 0 fully saturated rings.